The summed E-state index contributed by atoms with van der Waals surface area (Å²) in [6, 6.07) is 10.1. The van der Waals surface area contributed by atoms with Crippen LogP contribution in [0.1, 0.15) is 46.9 Å². The Morgan fingerprint density at radius 2 is 1.83 bits per heavy atom. The van der Waals surface area contributed by atoms with Crippen molar-refractivity contribution in [2.45, 2.75) is 37.1 Å². The standard InChI is InChI=1S/C20H22ClN3O4S/c1-13-4-2-3-11-24(13)29(27,28)16-8-5-14(6-9-16)20(26)23-18-10-7-15(21)12-17(18)19(22)25/h5-10,12-13H,2-4,11H2,1H3,(H2,22,25)(H,23,26). The number of benzene rings is 2. The van der Waals surface area contributed by atoms with Crippen molar-refractivity contribution < 1.29 is 18.0 Å². The minimum atomic E-state index is -3.61. The topological polar surface area (TPSA) is 110 Å². The van der Waals surface area contributed by atoms with Crippen molar-refractivity contribution in [3.05, 3.63) is 58.6 Å². The molecule has 0 saturated carbocycles. The third-order valence-corrected chi connectivity index (χ3v) is 7.22. The third-order valence-electron chi connectivity index (χ3n) is 4.96. The second-order valence-electron chi connectivity index (χ2n) is 6.99. The third kappa shape index (κ3) is 4.60. The van der Waals surface area contributed by atoms with Gasteiger partial charge in [0.05, 0.1) is 16.1 Å². The van der Waals surface area contributed by atoms with Crippen molar-refractivity contribution in [3.8, 4) is 0 Å². The van der Waals surface area contributed by atoms with Crippen LogP contribution in [-0.4, -0.2) is 37.1 Å². The minimum absolute atomic E-state index is 0.0474. The fourth-order valence-electron chi connectivity index (χ4n) is 3.37. The molecule has 1 aliphatic rings. The Morgan fingerprint density at radius 1 is 1.14 bits per heavy atom. The molecule has 1 aliphatic heterocycles. The molecule has 0 spiro atoms. The van der Waals surface area contributed by atoms with E-state index in [1.807, 2.05) is 6.92 Å². The van der Waals surface area contributed by atoms with Gasteiger partial charge < -0.3 is 11.1 Å². The summed E-state index contributed by atoms with van der Waals surface area (Å²) >= 11 is 5.87. The van der Waals surface area contributed by atoms with Gasteiger partial charge in [-0.3, -0.25) is 9.59 Å². The summed E-state index contributed by atoms with van der Waals surface area (Å²) < 4.78 is 27.3. The fourth-order valence-corrected chi connectivity index (χ4v) is 5.24. The lowest BCUT2D eigenvalue weighted by molar-refractivity contribution is 0.100. The Labute approximate surface area is 174 Å². The molecule has 1 fully saturated rings. The van der Waals surface area contributed by atoms with Gasteiger partial charge in [0.25, 0.3) is 11.8 Å². The summed E-state index contributed by atoms with van der Waals surface area (Å²) in [6.45, 7) is 2.40. The molecule has 3 N–H and O–H groups in total. The van der Waals surface area contributed by atoms with E-state index in [9.17, 15) is 18.0 Å². The molecule has 2 aromatic carbocycles. The number of rotatable bonds is 5. The van der Waals surface area contributed by atoms with Crippen molar-refractivity contribution in [2.24, 2.45) is 5.73 Å². The smallest absolute Gasteiger partial charge is 0.255 e. The van der Waals surface area contributed by atoms with Gasteiger partial charge in [0, 0.05) is 23.2 Å². The highest BCUT2D eigenvalue weighted by Crippen LogP contribution is 2.26. The number of piperidine rings is 1. The van der Waals surface area contributed by atoms with Crippen LogP contribution >= 0.6 is 11.6 Å². The number of carbonyl (C=O) groups is 2. The molecule has 2 amide bonds. The van der Waals surface area contributed by atoms with Crippen LogP contribution < -0.4 is 11.1 Å². The number of anilines is 1. The van der Waals surface area contributed by atoms with Crippen molar-refractivity contribution in [3.63, 3.8) is 0 Å². The zero-order chi connectivity index (χ0) is 21.2. The fraction of sp³-hybridized carbons (Fsp3) is 0.300. The van der Waals surface area contributed by atoms with Gasteiger partial charge in [-0.1, -0.05) is 18.0 Å². The molecule has 29 heavy (non-hydrogen) atoms. The highest BCUT2D eigenvalue weighted by Gasteiger charge is 2.30. The second-order valence-corrected chi connectivity index (χ2v) is 9.32. The van der Waals surface area contributed by atoms with Gasteiger partial charge in [0.2, 0.25) is 10.0 Å². The maximum atomic E-state index is 12.9. The summed E-state index contributed by atoms with van der Waals surface area (Å²) in [4.78, 5) is 24.2. The van der Waals surface area contributed by atoms with E-state index >= 15 is 0 Å². The predicted octanol–water partition coefficient (Wildman–Crippen LogP) is 3.25. The van der Waals surface area contributed by atoms with Gasteiger partial charge in [-0.15, -0.1) is 0 Å². The van der Waals surface area contributed by atoms with Gasteiger partial charge in [-0.05, 0) is 62.2 Å². The average molecular weight is 436 g/mol. The van der Waals surface area contributed by atoms with Crippen molar-refractivity contribution in [1.29, 1.82) is 0 Å². The summed E-state index contributed by atoms with van der Waals surface area (Å²) in [5.41, 5.74) is 5.89. The molecule has 1 heterocycles. The highest BCUT2D eigenvalue weighted by atomic mass is 35.5. The number of amides is 2. The average Bonchev–Trinajstić information content (AvgIpc) is 2.69. The molecule has 3 rings (SSSR count). The molecule has 0 bridgehead atoms. The summed E-state index contributed by atoms with van der Waals surface area (Å²) in [5.74, 6) is -1.22. The Balaban J connectivity index is 1.80. The minimum Gasteiger partial charge on any atom is -0.366 e. The number of hydrogen-bond acceptors (Lipinski definition) is 4. The lowest BCUT2D eigenvalue weighted by Gasteiger charge is -2.32. The summed E-state index contributed by atoms with van der Waals surface area (Å²) in [7, 11) is -3.61. The number of halogens is 1. The van der Waals surface area contributed by atoms with E-state index in [1.165, 1.54) is 46.8 Å². The van der Waals surface area contributed by atoms with Crippen LogP contribution in [-0.2, 0) is 10.0 Å². The molecule has 1 unspecified atom stereocenters. The number of nitrogens with two attached hydrogens (primary N) is 1. The summed E-state index contributed by atoms with van der Waals surface area (Å²) in [5, 5.41) is 2.92. The molecule has 0 aliphatic carbocycles. The largest absolute Gasteiger partial charge is 0.366 e. The molecule has 7 nitrogen and oxygen atoms in total. The van der Waals surface area contributed by atoms with Gasteiger partial charge in [0.15, 0.2) is 0 Å². The summed E-state index contributed by atoms with van der Waals surface area (Å²) in [6.07, 6.45) is 2.70. The van der Waals surface area contributed by atoms with Crippen LogP contribution in [0, 0.1) is 0 Å². The molecule has 1 atom stereocenters. The first-order valence-corrected chi connectivity index (χ1v) is 11.0. The molecular weight excluding hydrogens is 414 g/mol. The van der Waals surface area contributed by atoms with Crippen LogP contribution in [0.3, 0.4) is 0 Å². The SMILES string of the molecule is CC1CCCCN1S(=O)(=O)c1ccc(C(=O)Nc2ccc(Cl)cc2C(N)=O)cc1. The zero-order valence-electron chi connectivity index (χ0n) is 15.9. The van der Waals surface area contributed by atoms with Crippen LogP contribution in [0.25, 0.3) is 0 Å². The molecule has 154 valence electrons. The maximum Gasteiger partial charge on any atom is 0.255 e. The van der Waals surface area contributed by atoms with E-state index in [0.29, 0.717) is 11.6 Å². The number of hydrogen-bond donors (Lipinski definition) is 2. The van der Waals surface area contributed by atoms with E-state index in [-0.39, 0.29) is 27.8 Å². The van der Waals surface area contributed by atoms with Crippen molar-refractivity contribution in [1.82, 2.24) is 4.31 Å². The van der Waals surface area contributed by atoms with E-state index in [2.05, 4.69) is 5.32 Å². The Bertz CT molecular complexity index is 1040. The van der Waals surface area contributed by atoms with Gasteiger partial charge >= 0.3 is 0 Å². The van der Waals surface area contributed by atoms with Crippen LogP contribution in [0.2, 0.25) is 5.02 Å². The van der Waals surface area contributed by atoms with Crippen LogP contribution in [0.15, 0.2) is 47.4 Å². The number of sulfonamides is 1. The lowest BCUT2D eigenvalue weighted by Crippen LogP contribution is -2.41. The number of primary amides is 1. The number of nitrogens with zero attached hydrogens (tertiary/aromatic N) is 1. The lowest BCUT2D eigenvalue weighted by atomic mass is 10.1. The number of nitrogens with one attached hydrogen (secondary N) is 1. The molecule has 2 aromatic rings. The van der Waals surface area contributed by atoms with E-state index in [4.69, 9.17) is 17.3 Å². The maximum absolute atomic E-state index is 12.9. The van der Waals surface area contributed by atoms with Crippen molar-refractivity contribution in [2.75, 3.05) is 11.9 Å². The molecule has 9 heteroatoms. The first-order chi connectivity index (χ1) is 13.7. The van der Waals surface area contributed by atoms with Gasteiger partial charge in [-0.2, -0.15) is 4.31 Å². The van der Waals surface area contributed by atoms with Gasteiger partial charge in [0.1, 0.15) is 0 Å². The van der Waals surface area contributed by atoms with E-state index in [0.717, 1.165) is 19.3 Å². The first kappa shape index (κ1) is 21.3. The Morgan fingerprint density at radius 3 is 2.45 bits per heavy atom. The molecular formula is C20H22ClN3O4S. The number of carbonyl (C=O) groups excluding carboxylic acids is 2. The second kappa shape index (κ2) is 8.52. The highest BCUT2D eigenvalue weighted by molar-refractivity contribution is 7.89. The molecule has 0 radical (unpaired) electrons. The molecule has 0 aromatic heterocycles. The zero-order valence-corrected chi connectivity index (χ0v) is 17.5. The van der Waals surface area contributed by atoms with Crippen molar-refractivity contribution >= 4 is 39.1 Å². The van der Waals surface area contributed by atoms with E-state index in [1.54, 1.807) is 0 Å². The monoisotopic (exact) mass is 435 g/mol. The Kier molecular flexibility index (Phi) is 6.26. The Hall–Kier alpha value is -2.42. The normalized spacial score (nSPS) is 17.7. The quantitative estimate of drug-likeness (QED) is 0.750. The van der Waals surface area contributed by atoms with Crippen LogP contribution in [0.4, 0.5) is 5.69 Å². The van der Waals surface area contributed by atoms with E-state index < -0.39 is 21.8 Å². The molecule has 1 saturated heterocycles. The van der Waals surface area contributed by atoms with Gasteiger partial charge in [-0.25, -0.2) is 8.42 Å². The predicted molar refractivity (Wildman–Crippen MR) is 112 cm³/mol. The van der Waals surface area contributed by atoms with Crippen LogP contribution in [0.5, 0.6) is 0 Å². The first-order valence-electron chi connectivity index (χ1n) is 9.23.